The van der Waals surface area contributed by atoms with Gasteiger partial charge in [0.15, 0.2) is 0 Å². The summed E-state index contributed by atoms with van der Waals surface area (Å²) in [6.07, 6.45) is 5.11. The highest BCUT2D eigenvalue weighted by molar-refractivity contribution is 5.88. The molecule has 1 aliphatic carbocycles. The molecule has 5 nitrogen and oxygen atoms in total. The zero-order valence-electron chi connectivity index (χ0n) is 20.4. The molecule has 0 radical (unpaired) electrons. The van der Waals surface area contributed by atoms with Gasteiger partial charge >= 0.3 is 5.97 Å². The Morgan fingerprint density at radius 1 is 0.771 bits per heavy atom. The van der Waals surface area contributed by atoms with Gasteiger partial charge in [-0.05, 0) is 84.7 Å². The van der Waals surface area contributed by atoms with Crippen LogP contribution in [0.4, 0.5) is 5.69 Å². The molecule has 0 spiro atoms. The van der Waals surface area contributed by atoms with E-state index in [9.17, 15) is 4.79 Å². The predicted molar refractivity (Wildman–Crippen MR) is 141 cm³/mol. The maximum atomic E-state index is 11.1. The lowest BCUT2D eigenvalue weighted by molar-refractivity contribution is 0.0697. The van der Waals surface area contributed by atoms with E-state index in [-0.39, 0.29) is 0 Å². The third kappa shape index (κ3) is 5.35. The lowest BCUT2D eigenvalue weighted by Crippen LogP contribution is -2.51. The molecule has 2 aliphatic rings. The largest absolute Gasteiger partial charge is 0.497 e. The summed E-state index contributed by atoms with van der Waals surface area (Å²) in [6, 6.07) is 25.1. The first-order chi connectivity index (χ1) is 17.1. The summed E-state index contributed by atoms with van der Waals surface area (Å²) in [4.78, 5) is 16.3. The van der Waals surface area contributed by atoms with Crippen molar-refractivity contribution in [1.29, 1.82) is 0 Å². The van der Waals surface area contributed by atoms with Crippen LogP contribution in [0.1, 0.15) is 47.5 Å². The molecule has 1 heterocycles. The first kappa shape index (κ1) is 23.4. The van der Waals surface area contributed by atoms with Gasteiger partial charge in [0.25, 0.3) is 0 Å². The fourth-order valence-corrected chi connectivity index (χ4v) is 5.67. The summed E-state index contributed by atoms with van der Waals surface area (Å²) in [5.41, 5.74) is 5.18. The van der Waals surface area contributed by atoms with Crippen LogP contribution in [0, 0.1) is 0 Å². The first-order valence-electron chi connectivity index (χ1n) is 12.7. The Hall–Kier alpha value is -3.31. The van der Waals surface area contributed by atoms with Crippen molar-refractivity contribution < 1.29 is 14.6 Å². The molecule has 0 bridgehead atoms. The number of nitrogens with zero attached hydrogens (tertiary/aromatic N) is 2. The van der Waals surface area contributed by atoms with Crippen molar-refractivity contribution in [3.05, 3.63) is 83.9 Å². The molecular formula is C30H34N2O3. The zero-order chi connectivity index (χ0) is 24.2. The maximum absolute atomic E-state index is 11.1. The van der Waals surface area contributed by atoms with Crippen LogP contribution < -0.4 is 9.64 Å². The Kier molecular flexibility index (Phi) is 7.05. The van der Waals surface area contributed by atoms with E-state index in [4.69, 9.17) is 9.84 Å². The number of methoxy groups -OCH3 is 1. The van der Waals surface area contributed by atoms with Crippen LogP contribution >= 0.6 is 0 Å². The fraction of sp³-hybridized carbons (Fsp3) is 0.367. The third-order valence-corrected chi connectivity index (χ3v) is 7.81. The van der Waals surface area contributed by atoms with E-state index in [2.05, 4.69) is 58.3 Å². The van der Waals surface area contributed by atoms with Crippen LogP contribution in [-0.4, -0.2) is 55.3 Å². The average molecular weight is 471 g/mol. The average Bonchev–Trinajstić information content (AvgIpc) is 2.93. The summed E-state index contributed by atoms with van der Waals surface area (Å²) in [5, 5.41) is 9.09. The summed E-state index contributed by atoms with van der Waals surface area (Å²) >= 11 is 0. The SMILES string of the molecule is COc1ccc([C@H]2CC[C@H](N3CCN(c4ccc(-c5ccc(C(=O)O)cc5)cc4)CC3)CC2)cc1. The quantitative estimate of drug-likeness (QED) is 0.485. The molecule has 3 aromatic rings. The normalized spacial score (nSPS) is 21.0. The van der Waals surface area contributed by atoms with Gasteiger partial charge in [-0.1, -0.05) is 36.4 Å². The molecule has 35 heavy (non-hydrogen) atoms. The van der Waals surface area contributed by atoms with Gasteiger partial charge in [0.2, 0.25) is 0 Å². The number of carboxylic acids is 1. The van der Waals surface area contributed by atoms with Gasteiger partial charge in [-0.2, -0.15) is 0 Å². The molecule has 1 saturated heterocycles. The van der Waals surface area contributed by atoms with Gasteiger partial charge in [0.05, 0.1) is 12.7 Å². The Bertz CT molecular complexity index is 1110. The number of aromatic carboxylic acids is 1. The van der Waals surface area contributed by atoms with Crippen molar-refractivity contribution in [2.75, 3.05) is 38.2 Å². The molecule has 1 saturated carbocycles. The van der Waals surface area contributed by atoms with Crippen LogP contribution in [-0.2, 0) is 0 Å². The topological polar surface area (TPSA) is 53.0 Å². The number of anilines is 1. The molecule has 0 unspecified atom stereocenters. The van der Waals surface area contributed by atoms with Crippen molar-refractivity contribution >= 4 is 11.7 Å². The van der Waals surface area contributed by atoms with Crippen molar-refractivity contribution in [1.82, 2.24) is 4.90 Å². The zero-order valence-corrected chi connectivity index (χ0v) is 20.4. The predicted octanol–water partition coefficient (Wildman–Crippen LogP) is 5.91. The van der Waals surface area contributed by atoms with E-state index in [0.717, 1.165) is 43.1 Å². The van der Waals surface area contributed by atoms with Gasteiger partial charge in [-0.15, -0.1) is 0 Å². The molecule has 5 heteroatoms. The van der Waals surface area contributed by atoms with Gasteiger partial charge in [-0.25, -0.2) is 4.79 Å². The minimum atomic E-state index is -0.892. The Labute approximate surface area is 208 Å². The van der Waals surface area contributed by atoms with Crippen molar-refractivity contribution in [2.45, 2.75) is 37.6 Å². The van der Waals surface area contributed by atoms with Crippen LogP contribution in [0.2, 0.25) is 0 Å². The number of ether oxygens (including phenoxy) is 1. The molecule has 3 aromatic carbocycles. The summed E-state index contributed by atoms with van der Waals surface area (Å²) in [6.45, 7) is 4.36. The minimum absolute atomic E-state index is 0.317. The van der Waals surface area contributed by atoms with Crippen molar-refractivity contribution in [3.63, 3.8) is 0 Å². The van der Waals surface area contributed by atoms with Gasteiger partial charge in [0.1, 0.15) is 5.75 Å². The number of carboxylic acid groups (broad SMARTS) is 1. The van der Waals surface area contributed by atoms with E-state index in [0.29, 0.717) is 17.5 Å². The standard InChI is InChI=1S/C30H34N2O3/c1-35-29-16-10-25(11-17-29)24-8-14-28(15-9-24)32-20-18-31(19-21-32)27-12-6-23(7-13-27)22-2-4-26(5-3-22)30(33)34/h2-7,10-13,16-17,24,28H,8-9,14-15,18-21H2,1H3,(H,33,34)/t24-,28-. The highest BCUT2D eigenvalue weighted by atomic mass is 16.5. The molecule has 2 fully saturated rings. The lowest BCUT2D eigenvalue weighted by Gasteiger charge is -2.42. The highest BCUT2D eigenvalue weighted by Crippen LogP contribution is 2.36. The first-order valence-corrected chi connectivity index (χ1v) is 12.7. The highest BCUT2D eigenvalue weighted by Gasteiger charge is 2.29. The molecule has 182 valence electrons. The second-order valence-corrected chi connectivity index (χ2v) is 9.73. The number of benzene rings is 3. The lowest BCUT2D eigenvalue weighted by atomic mass is 9.81. The smallest absolute Gasteiger partial charge is 0.335 e. The summed E-state index contributed by atoms with van der Waals surface area (Å²) in [5.74, 6) is 0.720. The van der Waals surface area contributed by atoms with E-state index in [1.807, 2.05) is 12.1 Å². The molecular weight excluding hydrogens is 436 g/mol. The van der Waals surface area contributed by atoms with Crippen LogP contribution in [0.25, 0.3) is 11.1 Å². The second kappa shape index (κ2) is 10.5. The number of hydrogen-bond donors (Lipinski definition) is 1. The number of hydrogen-bond acceptors (Lipinski definition) is 4. The Morgan fingerprint density at radius 2 is 1.34 bits per heavy atom. The minimum Gasteiger partial charge on any atom is -0.497 e. The number of piperazine rings is 1. The Balaban J connectivity index is 1.12. The van der Waals surface area contributed by atoms with E-state index in [1.54, 1.807) is 19.2 Å². The summed E-state index contributed by atoms with van der Waals surface area (Å²) in [7, 11) is 1.72. The fourth-order valence-electron chi connectivity index (χ4n) is 5.67. The van der Waals surface area contributed by atoms with E-state index < -0.39 is 5.97 Å². The second-order valence-electron chi connectivity index (χ2n) is 9.73. The monoisotopic (exact) mass is 470 g/mol. The molecule has 5 rings (SSSR count). The summed E-state index contributed by atoms with van der Waals surface area (Å²) < 4.78 is 5.30. The van der Waals surface area contributed by atoms with Crippen LogP contribution in [0.5, 0.6) is 5.75 Å². The van der Waals surface area contributed by atoms with Crippen LogP contribution in [0.3, 0.4) is 0 Å². The number of rotatable bonds is 6. The number of carbonyl (C=O) groups is 1. The van der Waals surface area contributed by atoms with E-state index >= 15 is 0 Å². The van der Waals surface area contributed by atoms with Gasteiger partial charge in [0, 0.05) is 37.9 Å². The van der Waals surface area contributed by atoms with Crippen molar-refractivity contribution in [2.24, 2.45) is 0 Å². The van der Waals surface area contributed by atoms with Gasteiger partial charge in [-0.3, -0.25) is 4.90 Å². The molecule has 0 aromatic heterocycles. The maximum Gasteiger partial charge on any atom is 0.335 e. The third-order valence-electron chi connectivity index (χ3n) is 7.81. The van der Waals surface area contributed by atoms with Crippen molar-refractivity contribution in [3.8, 4) is 16.9 Å². The molecule has 1 N–H and O–H groups in total. The van der Waals surface area contributed by atoms with Crippen LogP contribution in [0.15, 0.2) is 72.8 Å². The van der Waals surface area contributed by atoms with Gasteiger partial charge < -0.3 is 14.7 Å². The molecule has 1 aliphatic heterocycles. The molecule has 0 amide bonds. The Morgan fingerprint density at radius 3 is 1.89 bits per heavy atom. The van der Waals surface area contributed by atoms with E-state index in [1.165, 1.54) is 36.9 Å². The molecule has 0 atom stereocenters.